The van der Waals surface area contributed by atoms with Crippen molar-refractivity contribution in [2.45, 2.75) is 6.92 Å². The average molecular weight is 339 g/mol. The lowest BCUT2D eigenvalue weighted by Crippen LogP contribution is -2.02. The fourth-order valence-electron chi connectivity index (χ4n) is 1.47. The van der Waals surface area contributed by atoms with Crippen LogP contribution in [-0.2, 0) is 0 Å². The molecule has 0 aliphatic rings. The number of nitrogens with zero attached hydrogens (tertiary/aromatic N) is 3. The molecule has 0 amide bonds. The van der Waals surface area contributed by atoms with Crippen LogP contribution in [0.25, 0.3) is 0 Å². The van der Waals surface area contributed by atoms with E-state index in [1.807, 2.05) is 6.92 Å². The molecule has 7 nitrogen and oxygen atoms in total. The van der Waals surface area contributed by atoms with Gasteiger partial charge in [0.1, 0.15) is 0 Å². The van der Waals surface area contributed by atoms with Crippen LogP contribution >= 0.6 is 15.9 Å². The van der Waals surface area contributed by atoms with Crippen molar-refractivity contribution in [2.24, 2.45) is 0 Å². The number of ether oxygens (including phenoxy) is 1. The van der Waals surface area contributed by atoms with Crippen LogP contribution < -0.4 is 10.1 Å². The number of hydrogen-bond acceptors (Lipinski definition) is 6. The Morgan fingerprint density at radius 3 is 2.95 bits per heavy atom. The van der Waals surface area contributed by atoms with Crippen molar-refractivity contribution in [3.8, 4) is 11.6 Å². The molecule has 0 fully saturated rings. The van der Waals surface area contributed by atoms with Gasteiger partial charge in [-0.05, 0) is 19.1 Å². The summed E-state index contributed by atoms with van der Waals surface area (Å²) >= 11 is 3.19. The van der Waals surface area contributed by atoms with E-state index in [2.05, 4.69) is 31.2 Å². The normalized spacial score (nSPS) is 10.1. The summed E-state index contributed by atoms with van der Waals surface area (Å²) < 4.78 is 6.06. The number of anilines is 1. The zero-order valence-electron chi connectivity index (χ0n) is 10.5. The standard InChI is InChI=1S/C12H11BrN4O3/c1-2-14-12-15-6-5-11(16-12)20-10-4-3-8(13)7-9(10)17(18)19/h3-7H,2H2,1H3,(H,14,15,16). The fraction of sp³-hybridized carbons (Fsp3) is 0.167. The molecule has 20 heavy (non-hydrogen) atoms. The number of nitro benzene ring substituents is 1. The third-order valence-corrected chi connectivity index (χ3v) is 2.79. The molecule has 104 valence electrons. The maximum Gasteiger partial charge on any atom is 0.312 e. The van der Waals surface area contributed by atoms with Crippen LogP contribution in [-0.4, -0.2) is 21.4 Å². The van der Waals surface area contributed by atoms with Crippen LogP contribution in [0.4, 0.5) is 11.6 Å². The van der Waals surface area contributed by atoms with Crippen molar-refractivity contribution in [3.63, 3.8) is 0 Å². The maximum absolute atomic E-state index is 11.0. The van der Waals surface area contributed by atoms with Crippen molar-refractivity contribution in [1.82, 2.24) is 9.97 Å². The van der Waals surface area contributed by atoms with E-state index in [0.717, 1.165) is 0 Å². The van der Waals surface area contributed by atoms with Crippen molar-refractivity contribution in [3.05, 3.63) is 45.0 Å². The van der Waals surface area contributed by atoms with Crippen molar-refractivity contribution in [2.75, 3.05) is 11.9 Å². The molecule has 0 aliphatic carbocycles. The number of aromatic nitrogens is 2. The number of hydrogen-bond donors (Lipinski definition) is 1. The Labute approximate surface area is 123 Å². The van der Waals surface area contributed by atoms with Gasteiger partial charge in [0, 0.05) is 29.3 Å². The van der Waals surface area contributed by atoms with Gasteiger partial charge in [-0.15, -0.1) is 0 Å². The Hall–Kier alpha value is -2.22. The average Bonchev–Trinajstić information content (AvgIpc) is 2.41. The molecule has 1 heterocycles. The van der Waals surface area contributed by atoms with Crippen molar-refractivity contribution >= 4 is 27.6 Å². The van der Waals surface area contributed by atoms with Crippen LogP contribution in [0, 0.1) is 10.1 Å². The SMILES string of the molecule is CCNc1nccc(Oc2ccc(Br)cc2[N+](=O)[O-])n1. The van der Waals surface area contributed by atoms with Gasteiger partial charge in [-0.1, -0.05) is 15.9 Å². The first-order chi connectivity index (χ1) is 9.60. The molecule has 8 heteroatoms. The molecule has 0 spiro atoms. The lowest BCUT2D eigenvalue weighted by atomic mass is 10.3. The van der Waals surface area contributed by atoms with Gasteiger partial charge in [-0.3, -0.25) is 10.1 Å². The molecule has 2 rings (SSSR count). The number of benzene rings is 1. The van der Waals surface area contributed by atoms with Gasteiger partial charge in [0.2, 0.25) is 17.6 Å². The molecule has 0 bridgehead atoms. The van der Waals surface area contributed by atoms with Gasteiger partial charge in [-0.2, -0.15) is 4.98 Å². The fourth-order valence-corrected chi connectivity index (χ4v) is 1.82. The minimum absolute atomic E-state index is 0.124. The molecule has 0 unspecified atom stereocenters. The highest BCUT2D eigenvalue weighted by Gasteiger charge is 2.16. The summed E-state index contributed by atoms with van der Waals surface area (Å²) in [4.78, 5) is 18.6. The van der Waals surface area contributed by atoms with E-state index in [0.29, 0.717) is 17.0 Å². The number of halogens is 1. The quantitative estimate of drug-likeness (QED) is 0.663. The molecule has 0 saturated carbocycles. The van der Waals surface area contributed by atoms with E-state index in [1.54, 1.807) is 6.07 Å². The highest BCUT2D eigenvalue weighted by molar-refractivity contribution is 9.10. The Balaban J connectivity index is 2.30. The summed E-state index contributed by atoms with van der Waals surface area (Å²) in [6.07, 6.45) is 1.52. The van der Waals surface area contributed by atoms with E-state index in [9.17, 15) is 10.1 Å². The zero-order valence-corrected chi connectivity index (χ0v) is 12.1. The lowest BCUT2D eigenvalue weighted by Gasteiger charge is -2.07. The topological polar surface area (TPSA) is 90.2 Å². The van der Waals surface area contributed by atoms with E-state index in [-0.39, 0.29) is 17.3 Å². The minimum Gasteiger partial charge on any atom is -0.432 e. The summed E-state index contributed by atoms with van der Waals surface area (Å²) in [7, 11) is 0. The van der Waals surface area contributed by atoms with Crippen LogP contribution in [0.15, 0.2) is 34.9 Å². The molecule has 0 saturated heterocycles. The highest BCUT2D eigenvalue weighted by atomic mass is 79.9. The van der Waals surface area contributed by atoms with Gasteiger partial charge >= 0.3 is 5.69 Å². The Kier molecular flexibility index (Phi) is 4.46. The highest BCUT2D eigenvalue weighted by Crippen LogP contribution is 2.33. The first-order valence-electron chi connectivity index (χ1n) is 5.79. The van der Waals surface area contributed by atoms with Crippen LogP contribution in [0.3, 0.4) is 0 Å². The predicted molar refractivity (Wildman–Crippen MR) is 77.1 cm³/mol. The second kappa shape index (κ2) is 6.29. The lowest BCUT2D eigenvalue weighted by molar-refractivity contribution is -0.385. The number of rotatable bonds is 5. The summed E-state index contributed by atoms with van der Waals surface area (Å²) in [5.74, 6) is 0.769. The third kappa shape index (κ3) is 3.41. The summed E-state index contributed by atoms with van der Waals surface area (Å²) in [5, 5.41) is 13.9. The molecule has 2 aromatic rings. The van der Waals surface area contributed by atoms with E-state index >= 15 is 0 Å². The van der Waals surface area contributed by atoms with Crippen molar-refractivity contribution in [1.29, 1.82) is 0 Å². The first kappa shape index (κ1) is 14.2. The number of nitrogens with one attached hydrogen (secondary N) is 1. The van der Waals surface area contributed by atoms with Gasteiger partial charge in [-0.25, -0.2) is 4.98 Å². The molecule has 1 aromatic heterocycles. The van der Waals surface area contributed by atoms with Gasteiger partial charge in [0.25, 0.3) is 0 Å². The largest absolute Gasteiger partial charge is 0.432 e. The van der Waals surface area contributed by atoms with E-state index in [4.69, 9.17) is 4.74 Å². The third-order valence-electron chi connectivity index (χ3n) is 2.30. The van der Waals surface area contributed by atoms with Crippen LogP contribution in [0.2, 0.25) is 0 Å². The molecule has 1 N–H and O–H groups in total. The van der Waals surface area contributed by atoms with E-state index in [1.165, 1.54) is 24.4 Å². The van der Waals surface area contributed by atoms with Gasteiger partial charge in [0.15, 0.2) is 0 Å². The Morgan fingerprint density at radius 2 is 2.25 bits per heavy atom. The Morgan fingerprint density at radius 1 is 1.45 bits per heavy atom. The smallest absolute Gasteiger partial charge is 0.312 e. The second-order valence-corrected chi connectivity index (χ2v) is 4.64. The first-order valence-corrected chi connectivity index (χ1v) is 6.58. The maximum atomic E-state index is 11.0. The van der Waals surface area contributed by atoms with Crippen LogP contribution in [0.5, 0.6) is 11.6 Å². The molecular formula is C12H11BrN4O3. The molecule has 0 atom stereocenters. The summed E-state index contributed by atoms with van der Waals surface area (Å²) in [6.45, 7) is 2.58. The van der Waals surface area contributed by atoms with Gasteiger partial charge in [0.05, 0.1) is 4.92 Å². The molecular weight excluding hydrogens is 328 g/mol. The zero-order chi connectivity index (χ0) is 14.5. The second-order valence-electron chi connectivity index (χ2n) is 3.72. The molecule has 1 aromatic carbocycles. The van der Waals surface area contributed by atoms with Crippen molar-refractivity contribution < 1.29 is 9.66 Å². The summed E-state index contributed by atoms with van der Waals surface area (Å²) in [6, 6.07) is 6.08. The molecule has 0 aliphatic heterocycles. The monoisotopic (exact) mass is 338 g/mol. The predicted octanol–water partition coefficient (Wildman–Crippen LogP) is 3.37. The van der Waals surface area contributed by atoms with Gasteiger partial charge < -0.3 is 10.1 Å². The van der Waals surface area contributed by atoms with E-state index < -0.39 is 4.92 Å². The minimum atomic E-state index is -0.507. The summed E-state index contributed by atoms with van der Waals surface area (Å²) in [5.41, 5.74) is -0.136. The Bertz CT molecular complexity index is 636. The van der Waals surface area contributed by atoms with Crippen LogP contribution in [0.1, 0.15) is 6.92 Å². The number of nitro groups is 1. The molecule has 0 radical (unpaired) electrons.